The minimum Gasteiger partial charge on any atom is -0.488 e. The van der Waals surface area contributed by atoms with E-state index in [2.05, 4.69) is 10.6 Å². The van der Waals surface area contributed by atoms with Gasteiger partial charge in [0.05, 0.1) is 18.2 Å². The van der Waals surface area contributed by atoms with Gasteiger partial charge < -0.3 is 10.1 Å². The number of ether oxygens (including phenoxy) is 1. The van der Waals surface area contributed by atoms with Crippen LogP contribution < -0.4 is 15.4 Å². The number of hydrogen-bond acceptors (Lipinski definition) is 4. The summed E-state index contributed by atoms with van der Waals surface area (Å²) in [6.45, 7) is 1.97. The molecule has 1 aliphatic heterocycles. The van der Waals surface area contributed by atoms with Gasteiger partial charge in [0.2, 0.25) is 5.91 Å². The molecule has 1 amide bonds. The maximum atomic E-state index is 13.0. The third kappa shape index (κ3) is 5.04. The Morgan fingerprint density at radius 3 is 2.83 bits per heavy atom. The Kier molecular flexibility index (Phi) is 6.17. The molecular formula is C15H19F3N2O2S. The van der Waals surface area contributed by atoms with E-state index in [0.29, 0.717) is 12.2 Å². The van der Waals surface area contributed by atoms with E-state index >= 15 is 0 Å². The van der Waals surface area contributed by atoms with Crippen LogP contribution in [-0.4, -0.2) is 36.2 Å². The number of amides is 1. The number of thioether (sulfide) groups is 1. The predicted octanol–water partition coefficient (Wildman–Crippen LogP) is 2.64. The fourth-order valence-electron chi connectivity index (χ4n) is 2.15. The largest absolute Gasteiger partial charge is 0.488 e. The van der Waals surface area contributed by atoms with Crippen molar-refractivity contribution in [2.24, 2.45) is 0 Å². The first-order valence-corrected chi connectivity index (χ1v) is 8.49. The number of nitrogens with one attached hydrogen (secondary N) is 2. The van der Waals surface area contributed by atoms with Crippen molar-refractivity contribution in [2.75, 3.05) is 18.2 Å². The number of alkyl halides is 3. The van der Waals surface area contributed by atoms with Crippen LogP contribution in [0, 0.1) is 0 Å². The summed E-state index contributed by atoms with van der Waals surface area (Å²) in [5.74, 6) is 1.06. The van der Waals surface area contributed by atoms with Gasteiger partial charge in [0.25, 0.3) is 0 Å². The van der Waals surface area contributed by atoms with Gasteiger partial charge in [0.15, 0.2) is 0 Å². The topological polar surface area (TPSA) is 50.4 Å². The summed E-state index contributed by atoms with van der Waals surface area (Å²) in [6.07, 6.45) is -4.50. The Morgan fingerprint density at radius 1 is 1.48 bits per heavy atom. The van der Waals surface area contributed by atoms with Gasteiger partial charge in [0, 0.05) is 11.6 Å². The summed E-state index contributed by atoms with van der Waals surface area (Å²) >= 11 is 1.63. The van der Waals surface area contributed by atoms with Gasteiger partial charge in [-0.05, 0) is 18.6 Å². The summed E-state index contributed by atoms with van der Waals surface area (Å²) in [4.78, 5) is 11.9. The molecule has 1 aromatic rings. The molecule has 1 aliphatic rings. The molecule has 8 heteroatoms. The van der Waals surface area contributed by atoms with E-state index in [4.69, 9.17) is 4.74 Å². The highest BCUT2D eigenvalue weighted by Crippen LogP contribution is 2.36. The van der Waals surface area contributed by atoms with Crippen molar-refractivity contribution in [2.45, 2.75) is 31.7 Å². The molecular weight excluding hydrogens is 329 g/mol. The van der Waals surface area contributed by atoms with Crippen molar-refractivity contribution in [3.05, 3.63) is 29.8 Å². The molecule has 4 nitrogen and oxygen atoms in total. The summed E-state index contributed by atoms with van der Waals surface area (Å²) in [7, 11) is 0. The van der Waals surface area contributed by atoms with Gasteiger partial charge in [-0.25, -0.2) is 0 Å². The van der Waals surface area contributed by atoms with E-state index in [1.165, 1.54) is 18.2 Å². The minimum absolute atomic E-state index is 0.152. The van der Waals surface area contributed by atoms with E-state index in [-0.39, 0.29) is 24.2 Å². The van der Waals surface area contributed by atoms with Crippen LogP contribution in [0.5, 0.6) is 5.75 Å². The average molecular weight is 348 g/mol. The number of carbonyl (C=O) groups excluding carboxylic acids is 1. The lowest BCUT2D eigenvalue weighted by Gasteiger charge is -2.21. The fraction of sp³-hybridized carbons (Fsp3) is 0.533. The third-order valence-corrected chi connectivity index (χ3v) is 4.42. The van der Waals surface area contributed by atoms with Crippen LogP contribution in [0.15, 0.2) is 24.3 Å². The molecule has 2 rings (SSSR count). The number of rotatable bonds is 6. The van der Waals surface area contributed by atoms with Gasteiger partial charge >= 0.3 is 6.18 Å². The first-order valence-electron chi connectivity index (χ1n) is 7.33. The van der Waals surface area contributed by atoms with Crippen molar-refractivity contribution in [1.29, 1.82) is 0 Å². The Morgan fingerprint density at radius 2 is 2.22 bits per heavy atom. The molecule has 1 saturated heterocycles. The first kappa shape index (κ1) is 17.9. The molecule has 0 radical (unpaired) electrons. The first-order chi connectivity index (χ1) is 10.9. The van der Waals surface area contributed by atoms with Crippen molar-refractivity contribution in [3.63, 3.8) is 0 Å². The molecule has 0 saturated carbocycles. The molecule has 0 spiro atoms. The zero-order chi connectivity index (χ0) is 16.9. The normalized spacial score (nSPS) is 19.4. The number of hydrogen-bond donors (Lipinski definition) is 2. The van der Waals surface area contributed by atoms with Crippen LogP contribution in [-0.2, 0) is 11.0 Å². The Labute approximate surface area is 137 Å². The molecule has 1 aromatic carbocycles. The summed E-state index contributed by atoms with van der Waals surface area (Å²) in [6, 6.07) is 4.85. The van der Waals surface area contributed by atoms with E-state index in [0.717, 1.165) is 11.9 Å². The molecule has 128 valence electrons. The smallest absolute Gasteiger partial charge is 0.419 e. The van der Waals surface area contributed by atoms with Crippen LogP contribution in [0.4, 0.5) is 13.2 Å². The monoisotopic (exact) mass is 348 g/mol. The number of benzene rings is 1. The Hall–Kier alpha value is -1.41. The molecule has 2 N–H and O–H groups in total. The van der Waals surface area contributed by atoms with Crippen molar-refractivity contribution in [1.82, 2.24) is 10.6 Å². The zero-order valence-electron chi connectivity index (χ0n) is 12.7. The second-order valence-electron chi connectivity index (χ2n) is 5.16. The molecule has 1 fully saturated rings. The highest BCUT2D eigenvalue weighted by atomic mass is 32.2. The molecule has 1 heterocycles. The Balaban J connectivity index is 1.96. The van der Waals surface area contributed by atoms with Gasteiger partial charge in [-0.1, -0.05) is 19.1 Å². The minimum atomic E-state index is -4.47. The van der Waals surface area contributed by atoms with E-state index in [1.807, 2.05) is 0 Å². The van der Waals surface area contributed by atoms with Crippen LogP contribution in [0.25, 0.3) is 0 Å². The predicted molar refractivity (Wildman–Crippen MR) is 83.4 cm³/mol. The molecule has 0 aromatic heterocycles. The van der Waals surface area contributed by atoms with Crippen molar-refractivity contribution in [3.8, 4) is 5.75 Å². The van der Waals surface area contributed by atoms with Crippen LogP contribution in [0.1, 0.15) is 18.9 Å². The lowest BCUT2D eigenvalue weighted by atomic mass is 10.2. The lowest BCUT2D eigenvalue weighted by Crippen LogP contribution is -2.45. The average Bonchev–Trinajstić information content (AvgIpc) is 3.05. The van der Waals surface area contributed by atoms with Gasteiger partial charge in [0.1, 0.15) is 11.9 Å². The number of halogens is 3. The van der Waals surface area contributed by atoms with E-state index < -0.39 is 17.8 Å². The molecule has 23 heavy (non-hydrogen) atoms. The highest BCUT2D eigenvalue weighted by Gasteiger charge is 2.34. The van der Waals surface area contributed by atoms with Crippen molar-refractivity contribution >= 4 is 17.7 Å². The van der Waals surface area contributed by atoms with E-state index in [9.17, 15) is 18.0 Å². The van der Waals surface area contributed by atoms with Crippen LogP contribution in [0.3, 0.4) is 0 Å². The fourth-order valence-corrected chi connectivity index (χ4v) is 3.10. The number of para-hydroxylation sites is 1. The van der Waals surface area contributed by atoms with Gasteiger partial charge in [-0.15, -0.1) is 11.8 Å². The zero-order valence-corrected chi connectivity index (χ0v) is 13.5. The van der Waals surface area contributed by atoms with E-state index in [1.54, 1.807) is 18.7 Å². The second-order valence-corrected chi connectivity index (χ2v) is 6.19. The third-order valence-electron chi connectivity index (χ3n) is 3.48. The highest BCUT2D eigenvalue weighted by molar-refractivity contribution is 7.99. The lowest BCUT2D eigenvalue weighted by molar-refractivity contribution is -0.139. The van der Waals surface area contributed by atoms with Crippen molar-refractivity contribution < 1.29 is 22.7 Å². The molecule has 0 bridgehead atoms. The molecule has 2 atom stereocenters. The number of carbonyl (C=O) groups is 1. The maximum absolute atomic E-state index is 13.0. The maximum Gasteiger partial charge on any atom is 0.419 e. The second kappa shape index (κ2) is 7.92. The Bertz CT molecular complexity index is 534. The molecule has 2 unspecified atom stereocenters. The molecule has 0 aliphatic carbocycles. The summed E-state index contributed by atoms with van der Waals surface area (Å²) < 4.78 is 44.4. The van der Waals surface area contributed by atoms with Crippen LogP contribution in [0.2, 0.25) is 0 Å². The summed E-state index contributed by atoms with van der Waals surface area (Å²) in [5, 5.41) is 5.77. The van der Waals surface area contributed by atoms with Gasteiger partial charge in [-0.3, -0.25) is 10.1 Å². The SMILES string of the molecule is CCC(CNC(=O)C1CSCN1)Oc1ccccc1C(F)(F)F. The van der Waals surface area contributed by atoms with Crippen LogP contribution >= 0.6 is 11.8 Å². The van der Waals surface area contributed by atoms with Gasteiger partial charge in [-0.2, -0.15) is 13.2 Å². The standard InChI is InChI=1S/C15H19F3N2O2S/c1-2-10(7-19-14(21)12-8-23-9-20-12)22-13-6-4-3-5-11(13)15(16,17)18/h3-6,10,12,20H,2,7-9H2,1H3,(H,19,21). The quantitative estimate of drug-likeness (QED) is 0.830. The summed E-state index contributed by atoms with van der Waals surface area (Å²) in [5.41, 5.74) is -0.807.